The summed E-state index contributed by atoms with van der Waals surface area (Å²) in [5, 5.41) is 0. The van der Waals surface area contributed by atoms with Crippen molar-refractivity contribution in [1.29, 1.82) is 0 Å². The van der Waals surface area contributed by atoms with Crippen LogP contribution in [-0.4, -0.2) is 44.1 Å². The van der Waals surface area contributed by atoms with Crippen molar-refractivity contribution in [3.63, 3.8) is 0 Å². The molecule has 13 heavy (non-hydrogen) atoms. The monoisotopic (exact) mass is 207 g/mol. The quantitative estimate of drug-likeness (QED) is 0.577. The van der Waals surface area contributed by atoms with Crippen LogP contribution < -0.4 is 0 Å². The van der Waals surface area contributed by atoms with Gasteiger partial charge in [0.1, 0.15) is 6.10 Å². The first-order valence-electron chi connectivity index (χ1n) is 4.02. The second kappa shape index (κ2) is 3.63. The summed E-state index contributed by atoms with van der Waals surface area (Å²) in [6.45, 7) is 2.05. The molecule has 0 aliphatic carbocycles. The summed E-state index contributed by atoms with van der Waals surface area (Å²) in [5.74, 6) is -0.361. The fraction of sp³-hybridized carbons (Fsp3) is 0.857. The predicted molar refractivity (Wildman–Crippen MR) is 46.6 cm³/mol. The van der Waals surface area contributed by atoms with Crippen LogP contribution in [0.5, 0.6) is 0 Å². The third-order valence-corrected chi connectivity index (χ3v) is 3.18. The van der Waals surface area contributed by atoms with E-state index in [-0.39, 0.29) is 12.1 Å². The number of sulfonamides is 1. The van der Waals surface area contributed by atoms with Gasteiger partial charge < -0.3 is 4.74 Å². The molecule has 1 heterocycles. The molecule has 0 radical (unpaired) electrons. The molecule has 0 saturated carbocycles. The molecule has 1 atom stereocenters. The second-order valence-electron chi connectivity index (χ2n) is 3.14. The molecule has 0 N–H and O–H groups in total. The molecule has 1 saturated heterocycles. The van der Waals surface area contributed by atoms with Crippen LogP contribution in [0.2, 0.25) is 0 Å². The van der Waals surface area contributed by atoms with Crippen LogP contribution in [0.25, 0.3) is 0 Å². The molecule has 76 valence electrons. The van der Waals surface area contributed by atoms with Gasteiger partial charge in [-0.1, -0.05) is 0 Å². The summed E-state index contributed by atoms with van der Waals surface area (Å²) >= 11 is 0. The van der Waals surface area contributed by atoms with Gasteiger partial charge in [-0.05, 0) is 6.42 Å². The summed E-state index contributed by atoms with van der Waals surface area (Å²) < 4.78 is 28.3. The Labute approximate surface area is 77.7 Å². The Hall–Kier alpha value is -0.620. The van der Waals surface area contributed by atoms with Gasteiger partial charge in [0.15, 0.2) is 0 Å². The van der Waals surface area contributed by atoms with E-state index >= 15 is 0 Å². The van der Waals surface area contributed by atoms with Crippen LogP contribution >= 0.6 is 0 Å². The van der Waals surface area contributed by atoms with Crippen molar-refractivity contribution in [3.05, 3.63) is 0 Å². The standard InChI is InChI=1S/C7H13NO4S/c1-6(9)12-7-3-4-8(5-7)13(2,10)11/h7H,3-5H2,1-2H3. The van der Waals surface area contributed by atoms with E-state index in [2.05, 4.69) is 0 Å². The molecule has 1 rings (SSSR count). The van der Waals surface area contributed by atoms with Gasteiger partial charge in [0.05, 0.1) is 12.8 Å². The van der Waals surface area contributed by atoms with Crippen molar-refractivity contribution in [2.45, 2.75) is 19.4 Å². The Balaban J connectivity index is 2.50. The highest BCUT2D eigenvalue weighted by Gasteiger charge is 2.30. The number of carbonyl (C=O) groups is 1. The first-order chi connectivity index (χ1) is 5.89. The molecule has 0 spiro atoms. The summed E-state index contributed by atoms with van der Waals surface area (Å²) in [6, 6.07) is 0. The van der Waals surface area contributed by atoms with E-state index in [1.165, 1.54) is 11.2 Å². The molecule has 1 aliphatic rings. The maximum atomic E-state index is 11.1. The van der Waals surface area contributed by atoms with Crippen LogP contribution in [0.4, 0.5) is 0 Å². The minimum Gasteiger partial charge on any atom is -0.461 e. The van der Waals surface area contributed by atoms with Gasteiger partial charge in [0.2, 0.25) is 10.0 Å². The average molecular weight is 207 g/mol. The lowest BCUT2D eigenvalue weighted by molar-refractivity contribution is -0.145. The Morgan fingerprint density at radius 3 is 2.54 bits per heavy atom. The fourth-order valence-electron chi connectivity index (χ4n) is 1.33. The van der Waals surface area contributed by atoms with Gasteiger partial charge in [-0.3, -0.25) is 4.79 Å². The average Bonchev–Trinajstić information content (AvgIpc) is 2.32. The largest absolute Gasteiger partial charge is 0.461 e. The zero-order valence-corrected chi connectivity index (χ0v) is 8.50. The van der Waals surface area contributed by atoms with Crippen LogP contribution in [-0.2, 0) is 19.6 Å². The number of ether oxygens (including phenoxy) is 1. The van der Waals surface area contributed by atoms with E-state index in [1.54, 1.807) is 0 Å². The minimum absolute atomic E-state index is 0.271. The van der Waals surface area contributed by atoms with Crippen molar-refractivity contribution in [3.8, 4) is 0 Å². The highest BCUT2D eigenvalue weighted by Crippen LogP contribution is 2.15. The third kappa shape index (κ3) is 2.96. The first-order valence-corrected chi connectivity index (χ1v) is 5.87. The molecular formula is C7H13NO4S. The van der Waals surface area contributed by atoms with Crippen LogP contribution in [0.3, 0.4) is 0 Å². The molecule has 1 unspecified atom stereocenters. The zero-order chi connectivity index (χ0) is 10.1. The van der Waals surface area contributed by atoms with E-state index in [0.29, 0.717) is 19.5 Å². The lowest BCUT2D eigenvalue weighted by atomic mass is 10.3. The van der Waals surface area contributed by atoms with Gasteiger partial charge in [-0.2, -0.15) is 4.31 Å². The summed E-state index contributed by atoms with van der Waals surface area (Å²) in [5.41, 5.74) is 0. The number of carbonyl (C=O) groups excluding carboxylic acids is 1. The summed E-state index contributed by atoms with van der Waals surface area (Å²) in [7, 11) is -3.13. The van der Waals surface area contributed by atoms with E-state index in [9.17, 15) is 13.2 Å². The summed E-state index contributed by atoms with van der Waals surface area (Å²) in [6.07, 6.45) is 1.47. The number of hydrogen-bond acceptors (Lipinski definition) is 4. The van der Waals surface area contributed by atoms with Crippen molar-refractivity contribution in [2.24, 2.45) is 0 Å². The van der Waals surface area contributed by atoms with Gasteiger partial charge in [0, 0.05) is 13.5 Å². The van der Waals surface area contributed by atoms with E-state index in [1.807, 2.05) is 0 Å². The van der Waals surface area contributed by atoms with Crippen LogP contribution in [0, 0.1) is 0 Å². The summed E-state index contributed by atoms with van der Waals surface area (Å²) in [4.78, 5) is 10.6. The SMILES string of the molecule is CC(=O)OC1CCN(S(C)(=O)=O)C1. The van der Waals surface area contributed by atoms with Gasteiger partial charge in [-0.15, -0.1) is 0 Å². The van der Waals surface area contributed by atoms with Crippen molar-refractivity contribution in [1.82, 2.24) is 4.31 Å². The molecule has 0 aromatic carbocycles. The minimum atomic E-state index is -3.13. The van der Waals surface area contributed by atoms with E-state index < -0.39 is 10.0 Å². The lowest BCUT2D eigenvalue weighted by Gasteiger charge is -2.12. The Morgan fingerprint density at radius 2 is 2.15 bits per heavy atom. The fourth-order valence-corrected chi connectivity index (χ4v) is 2.20. The molecule has 0 amide bonds. The Kier molecular flexibility index (Phi) is 2.92. The number of nitrogens with zero attached hydrogens (tertiary/aromatic N) is 1. The molecule has 0 aromatic rings. The first kappa shape index (κ1) is 10.5. The van der Waals surface area contributed by atoms with Crippen molar-refractivity contribution in [2.75, 3.05) is 19.3 Å². The maximum Gasteiger partial charge on any atom is 0.302 e. The molecule has 0 bridgehead atoms. The Morgan fingerprint density at radius 1 is 1.54 bits per heavy atom. The van der Waals surface area contributed by atoms with E-state index in [0.717, 1.165) is 6.26 Å². The smallest absolute Gasteiger partial charge is 0.302 e. The molecule has 1 aliphatic heterocycles. The predicted octanol–water partition coefficient (Wildman–Crippen LogP) is -0.417. The van der Waals surface area contributed by atoms with Crippen LogP contribution in [0.1, 0.15) is 13.3 Å². The van der Waals surface area contributed by atoms with Gasteiger partial charge >= 0.3 is 5.97 Å². The van der Waals surface area contributed by atoms with Gasteiger partial charge in [0.25, 0.3) is 0 Å². The van der Waals surface area contributed by atoms with Crippen molar-refractivity contribution >= 4 is 16.0 Å². The normalized spacial score (nSPS) is 24.6. The number of esters is 1. The molecule has 0 aromatic heterocycles. The third-order valence-electron chi connectivity index (χ3n) is 1.91. The van der Waals surface area contributed by atoms with E-state index in [4.69, 9.17) is 4.74 Å². The number of rotatable bonds is 2. The zero-order valence-electron chi connectivity index (χ0n) is 7.69. The second-order valence-corrected chi connectivity index (χ2v) is 5.12. The topological polar surface area (TPSA) is 63.7 Å². The molecule has 6 heteroatoms. The highest BCUT2D eigenvalue weighted by molar-refractivity contribution is 7.88. The van der Waals surface area contributed by atoms with Crippen LogP contribution in [0.15, 0.2) is 0 Å². The molecular weight excluding hydrogens is 194 g/mol. The highest BCUT2D eigenvalue weighted by atomic mass is 32.2. The Bertz CT molecular complexity index is 298. The van der Waals surface area contributed by atoms with Gasteiger partial charge in [-0.25, -0.2) is 8.42 Å². The lowest BCUT2D eigenvalue weighted by Crippen LogP contribution is -2.29. The molecule has 1 fully saturated rings. The van der Waals surface area contributed by atoms with Crippen molar-refractivity contribution < 1.29 is 17.9 Å². The maximum absolute atomic E-state index is 11.1. The molecule has 5 nitrogen and oxygen atoms in total. The number of hydrogen-bond donors (Lipinski definition) is 0.